The van der Waals surface area contributed by atoms with E-state index in [0.29, 0.717) is 5.82 Å². The molecule has 110 valence electrons. The molecule has 0 aliphatic rings. The second-order valence-electron chi connectivity index (χ2n) is 5.17. The first-order chi connectivity index (χ1) is 11.4. The van der Waals surface area contributed by atoms with Crippen LogP contribution in [0, 0.1) is 0 Å². The van der Waals surface area contributed by atoms with Crippen molar-refractivity contribution in [2.24, 2.45) is 0 Å². The van der Waals surface area contributed by atoms with Crippen LogP contribution < -0.4 is 0 Å². The first-order valence-electron chi connectivity index (χ1n) is 7.39. The summed E-state index contributed by atoms with van der Waals surface area (Å²) in [5.41, 5.74) is 3.04. The van der Waals surface area contributed by atoms with Crippen LogP contribution in [0.4, 0.5) is 0 Å². The van der Waals surface area contributed by atoms with E-state index in [9.17, 15) is 0 Å². The smallest absolute Gasteiger partial charge is 0.152 e. The van der Waals surface area contributed by atoms with Gasteiger partial charge in [0.05, 0.1) is 17.4 Å². The van der Waals surface area contributed by atoms with Crippen LogP contribution in [0.5, 0.6) is 0 Å². The Labute approximate surface area is 133 Å². The van der Waals surface area contributed by atoms with Crippen LogP contribution in [0.1, 0.15) is 11.6 Å². The second-order valence-corrected chi connectivity index (χ2v) is 5.17. The minimum absolute atomic E-state index is 0.668. The highest BCUT2D eigenvalue weighted by Crippen LogP contribution is 2.17. The highest BCUT2D eigenvalue weighted by atomic mass is 14.9. The minimum Gasteiger partial charge on any atom is -0.338 e. The Morgan fingerprint density at radius 3 is 2.52 bits per heavy atom. The van der Waals surface area contributed by atoms with Crippen LogP contribution in [0.3, 0.4) is 0 Å². The van der Waals surface area contributed by atoms with E-state index in [1.807, 2.05) is 79.1 Å². The molecule has 4 rings (SSSR count). The molecule has 0 amide bonds. The van der Waals surface area contributed by atoms with E-state index in [4.69, 9.17) is 0 Å². The molecular formula is C19H14N4. The highest BCUT2D eigenvalue weighted by Gasteiger charge is 2.01. The highest BCUT2D eigenvalue weighted by molar-refractivity contribution is 5.78. The Hall–Kier alpha value is -3.27. The number of nitrogens with one attached hydrogen (secondary N) is 1. The van der Waals surface area contributed by atoms with Crippen LogP contribution in [-0.4, -0.2) is 19.9 Å². The number of hydrogen-bond acceptors (Lipinski definition) is 3. The maximum Gasteiger partial charge on any atom is 0.152 e. The molecule has 0 saturated carbocycles. The third-order valence-corrected chi connectivity index (χ3v) is 3.58. The first-order valence-corrected chi connectivity index (χ1v) is 7.39. The molecular weight excluding hydrogens is 284 g/mol. The molecule has 0 aliphatic heterocycles. The van der Waals surface area contributed by atoms with E-state index in [2.05, 4.69) is 19.9 Å². The monoisotopic (exact) mass is 298 g/mol. The number of hydrogen-bond donors (Lipinski definition) is 1. The van der Waals surface area contributed by atoms with Crippen LogP contribution >= 0.6 is 0 Å². The molecule has 0 spiro atoms. The van der Waals surface area contributed by atoms with E-state index in [-0.39, 0.29) is 0 Å². The average Bonchev–Trinajstić information content (AvgIpc) is 3.10. The van der Waals surface area contributed by atoms with Crippen molar-refractivity contribution in [3.63, 3.8) is 0 Å². The van der Waals surface area contributed by atoms with Crippen molar-refractivity contribution in [1.29, 1.82) is 0 Å². The van der Waals surface area contributed by atoms with E-state index in [1.165, 1.54) is 0 Å². The first kappa shape index (κ1) is 13.4. The third-order valence-electron chi connectivity index (χ3n) is 3.58. The van der Waals surface area contributed by atoms with Gasteiger partial charge >= 0.3 is 0 Å². The number of fused-ring (bicyclic) bond motifs is 1. The SMILES string of the molecule is C(=C\c1ncc(-c2ccccc2)[nH]1)/c1ncc2ccccc2n1. The second kappa shape index (κ2) is 5.85. The molecule has 2 heterocycles. The van der Waals surface area contributed by atoms with E-state index >= 15 is 0 Å². The zero-order chi connectivity index (χ0) is 15.5. The summed E-state index contributed by atoms with van der Waals surface area (Å²) in [6.07, 6.45) is 7.41. The average molecular weight is 298 g/mol. The molecule has 4 nitrogen and oxygen atoms in total. The fraction of sp³-hybridized carbons (Fsp3) is 0. The maximum absolute atomic E-state index is 4.52. The molecule has 2 aromatic carbocycles. The van der Waals surface area contributed by atoms with Crippen molar-refractivity contribution >= 4 is 23.1 Å². The molecule has 0 fully saturated rings. The number of para-hydroxylation sites is 1. The summed E-state index contributed by atoms with van der Waals surface area (Å²) in [7, 11) is 0. The Morgan fingerprint density at radius 2 is 1.61 bits per heavy atom. The number of H-pyrrole nitrogens is 1. The van der Waals surface area contributed by atoms with Crippen molar-refractivity contribution in [2.75, 3.05) is 0 Å². The van der Waals surface area contributed by atoms with Crippen molar-refractivity contribution in [1.82, 2.24) is 19.9 Å². The van der Waals surface area contributed by atoms with Crippen LogP contribution in [0.15, 0.2) is 67.0 Å². The Balaban J connectivity index is 1.59. The lowest BCUT2D eigenvalue weighted by Gasteiger charge is -1.97. The van der Waals surface area contributed by atoms with Gasteiger partial charge in [0, 0.05) is 11.6 Å². The van der Waals surface area contributed by atoms with E-state index in [1.54, 1.807) is 0 Å². The molecule has 1 N–H and O–H groups in total. The number of nitrogens with zero attached hydrogens (tertiary/aromatic N) is 3. The zero-order valence-electron chi connectivity index (χ0n) is 12.3. The molecule has 0 unspecified atom stereocenters. The molecule has 2 aromatic heterocycles. The Kier molecular flexibility index (Phi) is 3.41. The maximum atomic E-state index is 4.52. The number of imidazole rings is 1. The summed E-state index contributed by atoms with van der Waals surface area (Å²) < 4.78 is 0. The third kappa shape index (κ3) is 2.87. The van der Waals surface area contributed by atoms with Crippen LogP contribution in [0.25, 0.3) is 34.3 Å². The summed E-state index contributed by atoms with van der Waals surface area (Å²) >= 11 is 0. The molecule has 4 heteroatoms. The lowest BCUT2D eigenvalue weighted by atomic mass is 10.2. The predicted octanol–water partition coefficient (Wildman–Crippen LogP) is 4.19. The molecule has 0 saturated heterocycles. The van der Waals surface area contributed by atoms with Gasteiger partial charge in [0.2, 0.25) is 0 Å². The summed E-state index contributed by atoms with van der Waals surface area (Å²) in [5, 5.41) is 1.04. The van der Waals surface area contributed by atoms with Gasteiger partial charge in [-0.2, -0.15) is 0 Å². The zero-order valence-corrected chi connectivity index (χ0v) is 12.3. The number of aromatic nitrogens is 4. The normalized spacial score (nSPS) is 11.3. The van der Waals surface area contributed by atoms with Gasteiger partial charge in [-0.05, 0) is 23.8 Å². The lowest BCUT2D eigenvalue weighted by Crippen LogP contribution is -1.88. The van der Waals surface area contributed by atoms with Gasteiger partial charge in [0.1, 0.15) is 5.82 Å². The molecule has 0 aliphatic carbocycles. The van der Waals surface area contributed by atoms with E-state index in [0.717, 1.165) is 28.0 Å². The van der Waals surface area contributed by atoms with E-state index < -0.39 is 0 Å². The Morgan fingerprint density at radius 1 is 0.783 bits per heavy atom. The van der Waals surface area contributed by atoms with Crippen LogP contribution in [0.2, 0.25) is 0 Å². The molecule has 4 aromatic rings. The Bertz CT molecular complexity index is 971. The van der Waals surface area contributed by atoms with Crippen molar-refractivity contribution in [3.8, 4) is 11.3 Å². The minimum atomic E-state index is 0.668. The van der Waals surface area contributed by atoms with Gasteiger partial charge in [0.15, 0.2) is 5.82 Å². The van der Waals surface area contributed by atoms with Gasteiger partial charge in [-0.15, -0.1) is 0 Å². The topological polar surface area (TPSA) is 54.5 Å². The van der Waals surface area contributed by atoms with Crippen molar-refractivity contribution in [2.45, 2.75) is 0 Å². The summed E-state index contributed by atoms with van der Waals surface area (Å²) in [6, 6.07) is 18.1. The van der Waals surface area contributed by atoms with Crippen LogP contribution in [-0.2, 0) is 0 Å². The molecule has 0 atom stereocenters. The summed E-state index contributed by atoms with van der Waals surface area (Å²) in [6.45, 7) is 0. The molecule has 0 bridgehead atoms. The van der Waals surface area contributed by atoms with Crippen molar-refractivity contribution in [3.05, 3.63) is 78.6 Å². The predicted molar refractivity (Wildman–Crippen MR) is 92.5 cm³/mol. The quantitative estimate of drug-likeness (QED) is 0.617. The van der Waals surface area contributed by atoms with Crippen molar-refractivity contribution < 1.29 is 0 Å². The summed E-state index contributed by atoms with van der Waals surface area (Å²) in [5.74, 6) is 1.45. The van der Waals surface area contributed by atoms with Gasteiger partial charge in [-0.25, -0.2) is 15.0 Å². The number of aromatic amines is 1. The van der Waals surface area contributed by atoms with Gasteiger partial charge in [0.25, 0.3) is 0 Å². The van der Waals surface area contributed by atoms with Gasteiger partial charge < -0.3 is 4.98 Å². The molecule has 23 heavy (non-hydrogen) atoms. The van der Waals surface area contributed by atoms with Gasteiger partial charge in [-0.1, -0.05) is 48.5 Å². The largest absolute Gasteiger partial charge is 0.338 e. The standard InChI is InChI=1S/C19H14N4/c1-2-6-14(7-3-1)17-13-21-19(23-17)11-10-18-20-12-15-8-4-5-9-16(15)22-18/h1-13H,(H,21,23)/b11-10+. The number of rotatable bonds is 3. The fourth-order valence-electron chi connectivity index (χ4n) is 2.41. The fourth-order valence-corrected chi connectivity index (χ4v) is 2.41. The lowest BCUT2D eigenvalue weighted by molar-refractivity contribution is 1.18. The summed E-state index contributed by atoms with van der Waals surface area (Å²) in [4.78, 5) is 16.5. The molecule has 0 radical (unpaired) electrons. The van der Waals surface area contributed by atoms with Gasteiger partial charge in [-0.3, -0.25) is 0 Å². The number of benzene rings is 2.